The van der Waals surface area contributed by atoms with E-state index in [4.69, 9.17) is 0 Å². The number of fused-ring (bicyclic) bond motifs is 5. The minimum Gasteiger partial charge on any atom is -0.393 e. The average Bonchev–Trinajstić information content (AvgIpc) is 2.84. The summed E-state index contributed by atoms with van der Waals surface area (Å²) in [5.41, 5.74) is 0.764. The molecule has 8 atom stereocenters. The van der Waals surface area contributed by atoms with Gasteiger partial charge in [0.1, 0.15) is 0 Å². The number of carbonyl (C=O) groups is 1. The van der Waals surface area contributed by atoms with Gasteiger partial charge in [0.15, 0.2) is 0 Å². The largest absolute Gasteiger partial charge is 0.393 e. The zero-order valence-corrected chi connectivity index (χ0v) is 15.7. The molecule has 0 aromatic carbocycles. The Kier molecular flexibility index (Phi) is 4.02. The Hall–Kier alpha value is -0.570. The summed E-state index contributed by atoms with van der Waals surface area (Å²) in [5, 5.41) is 13.4. The van der Waals surface area contributed by atoms with Crippen molar-refractivity contribution < 1.29 is 9.90 Å². The second-order valence-corrected chi connectivity index (χ2v) is 9.96. The summed E-state index contributed by atoms with van der Waals surface area (Å²) in [5.74, 6) is 3.36. The number of amides is 1. The van der Waals surface area contributed by atoms with Gasteiger partial charge in [-0.05, 0) is 92.3 Å². The Morgan fingerprint density at radius 2 is 1.67 bits per heavy atom. The van der Waals surface area contributed by atoms with E-state index < -0.39 is 0 Å². The number of nitrogens with one attached hydrogen (secondary N) is 1. The van der Waals surface area contributed by atoms with Crippen molar-refractivity contribution >= 4 is 5.91 Å². The monoisotopic (exact) mass is 333 g/mol. The van der Waals surface area contributed by atoms with Gasteiger partial charge in [-0.3, -0.25) is 4.79 Å². The molecule has 0 aliphatic heterocycles. The lowest BCUT2D eigenvalue weighted by atomic mass is 9.45. The quantitative estimate of drug-likeness (QED) is 0.765. The highest BCUT2D eigenvalue weighted by atomic mass is 16.3. The minimum absolute atomic E-state index is 0.0518. The molecule has 4 fully saturated rings. The fraction of sp³-hybridized carbons (Fsp3) is 0.952. The Labute approximate surface area is 147 Å². The van der Waals surface area contributed by atoms with Gasteiger partial charge in [-0.25, -0.2) is 0 Å². The second-order valence-electron chi connectivity index (χ2n) is 9.96. The maximum atomic E-state index is 11.6. The Morgan fingerprint density at radius 1 is 0.958 bits per heavy atom. The number of rotatable bonds is 1. The Morgan fingerprint density at radius 3 is 2.42 bits per heavy atom. The summed E-state index contributed by atoms with van der Waals surface area (Å²) in [7, 11) is 0. The third kappa shape index (κ3) is 2.37. The molecule has 4 aliphatic rings. The molecule has 3 unspecified atom stereocenters. The molecule has 3 heteroatoms. The summed E-state index contributed by atoms with van der Waals surface area (Å²) in [4.78, 5) is 11.6. The van der Waals surface area contributed by atoms with E-state index in [1.807, 2.05) is 0 Å². The standard InChI is InChI=1S/C21H35NO2/c1-13(23)22-19-7-6-17-16-5-4-14-12-15(24)8-10-20(14,2)18(16)9-11-21(17,19)3/h14-19,24H,4-12H2,1-3H3,(H,22,23)/t14?,15?,16-,17-,18+,19?,20-,21-/m0/s1. The van der Waals surface area contributed by atoms with Crippen LogP contribution in [0.1, 0.15) is 78.6 Å². The number of hydrogen-bond donors (Lipinski definition) is 2. The Balaban J connectivity index is 1.57. The lowest BCUT2D eigenvalue weighted by Crippen LogP contribution is -2.56. The normalized spacial score (nSPS) is 53.7. The SMILES string of the molecule is CC(=O)NC1CC[C@H]2[C@@H]3CCC4CC(O)CC[C@]4(C)[C@@H]3CC[C@]12C. The molecule has 4 rings (SSSR count). The van der Waals surface area contributed by atoms with Crippen LogP contribution in [0.25, 0.3) is 0 Å². The van der Waals surface area contributed by atoms with Crippen molar-refractivity contribution in [1.29, 1.82) is 0 Å². The van der Waals surface area contributed by atoms with Gasteiger partial charge in [0.2, 0.25) is 5.91 Å². The molecule has 0 spiro atoms. The van der Waals surface area contributed by atoms with Crippen LogP contribution in [0.2, 0.25) is 0 Å². The molecule has 0 radical (unpaired) electrons. The Bertz CT molecular complexity index is 520. The second kappa shape index (κ2) is 5.72. The first-order valence-corrected chi connectivity index (χ1v) is 10.3. The average molecular weight is 334 g/mol. The van der Waals surface area contributed by atoms with Crippen molar-refractivity contribution in [1.82, 2.24) is 5.32 Å². The van der Waals surface area contributed by atoms with Gasteiger partial charge in [-0.15, -0.1) is 0 Å². The topological polar surface area (TPSA) is 49.3 Å². The van der Waals surface area contributed by atoms with Crippen LogP contribution in [0.3, 0.4) is 0 Å². The van der Waals surface area contributed by atoms with Gasteiger partial charge in [0, 0.05) is 13.0 Å². The predicted octanol–water partition coefficient (Wildman–Crippen LogP) is 3.89. The molecule has 2 N–H and O–H groups in total. The molecule has 0 aromatic heterocycles. The molecule has 0 heterocycles. The third-order valence-electron chi connectivity index (χ3n) is 9.02. The molecular formula is C21H35NO2. The van der Waals surface area contributed by atoms with Gasteiger partial charge >= 0.3 is 0 Å². The molecule has 4 saturated carbocycles. The van der Waals surface area contributed by atoms with E-state index in [0.717, 1.165) is 36.5 Å². The minimum atomic E-state index is -0.0518. The fourth-order valence-corrected chi connectivity index (χ4v) is 7.72. The summed E-state index contributed by atoms with van der Waals surface area (Å²) >= 11 is 0. The van der Waals surface area contributed by atoms with Crippen LogP contribution in [-0.2, 0) is 4.79 Å². The van der Waals surface area contributed by atoms with E-state index in [-0.39, 0.29) is 12.0 Å². The first-order chi connectivity index (χ1) is 11.3. The summed E-state index contributed by atoms with van der Waals surface area (Å²) < 4.78 is 0. The molecule has 0 bridgehead atoms. The van der Waals surface area contributed by atoms with E-state index in [2.05, 4.69) is 19.2 Å². The van der Waals surface area contributed by atoms with Crippen LogP contribution in [0.15, 0.2) is 0 Å². The first-order valence-electron chi connectivity index (χ1n) is 10.3. The molecule has 0 aromatic rings. The van der Waals surface area contributed by atoms with Crippen LogP contribution >= 0.6 is 0 Å². The van der Waals surface area contributed by atoms with Crippen molar-refractivity contribution in [2.75, 3.05) is 0 Å². The molecular weight excluding hydrogens is 298 g/mol. The number of hydrogen-bond acceptors (Lipinski definition) is 2. The van der Waals surface area contributed by atoms with Crippen LogP contribution in [-0.4, -0.2) is 23.2 Å². The third-order valence-corrected chi connectivity index (χ3v) is 9.02. The van der Waals surface area contributed by atoms with E-state index in [9.17, 15) is 9.90 Å². The van der Waals surface area contributed by atoms with Crippen molar-refractivity contribution in [2.45, 2.75) is 90.7 Å². The number of carbonyl (C=O) groups excluding carboxylic acids is 1. The number of aliphatic hydroxyl groups is 1. The fourth-order valence-electron chi connectivity index (χ4n) is 7.72. The van der Waals surface area contributed by atoms with Crippen molar-refractivity contribution in [3.05, 3.63) is 0 Å². The molecule has 4 aliphatic carbocycles. The highest BCUT2D eigenvalue weighted by molar-refractivity contribution is 5.73. The highest BCUT2D eigenvalue weighted by Gasteiger charge is 2.60. The summed E-state index contributed by atoms with van der Waals surface area (Å²) in [6.07, 6.45) is 10.9. The molecule has 1 amide bonds. The van der Waals surface area contributed by atoms with Crippen LogP contribution in [0, 0.1) is 34.5 Å². The highest BCUT2D eigenvalue weighted by Crippen LogP contribution is 2.66. The van der Waals surface area contributed by atoms with E-state index >= 15 is 0 Å². The lowest BCUT2D eigenvalue weighted by molar-refractivity contribution is -0.129. The van der Waals surface area contributed by atoms with Crippen LogP contribution < -0.4 is 5.32 Å². The molecule has 136 valence electrons. The van der Waals surface area contributed by atoms with Gasteiger partial charge in [0.05, 0.1) is 6.10 Å². The van der Waals surface area contributed by atoms with E-state index in [1.54, 1.807) is 6.92 Å². The van der Waals surface area contributed by atoms with Crippen molar-refractivity contribution in [2.24, 2.45) is 34.5 Å². The molecule has 0 saturated heterocycles. The van der Waals surface area contributed by atoms with Crippen molar-refractivity contribution in [3.8, 4) is 0 Å². The lowest BCUT2D eigenvalue weighted by Gasteiger charge is -2.60. The summed E-state index contributed by atoms with van der Waals surface area (Å²) in [6, 6.07) is 0.389. The van der Waals surface area contributed by atoms with E-state index in [1.165, 1.54) is 44.9 Å². The zero-order chi connectivity index (χ0) is 17.1. The van der Waals surface area contributed by atoms with Crippen LogP contribution in [0.5, 0.6) is 0 Å². The van der Waals surface area contributed by atoms with Gasteiger partial charge < -0.3 is 10.4 Å². The maximum Gasteiger partial charge on any atom is 0.217 e. The van der Waals surface area contributed by atoms with Crippen molar-refractivity contribution in [3.63, 3.8) is 0 Å². The molecule has 24 heavy (non-hydrogen) atoms. The van der Waals surface area contributed by atoms with Gasteiger partial charge in [0.25, 0.3) is 0 Å². The molecule has 3 nitrogen and oxygen atoms in total. The summed E-state index contributed by atoms with van der Waals surface area (Å²) in [6.45, 7) is 6.67. The van der Waals surface area contributed by atoms with Crippen LogP contribution in [0.4, 0.5) is 0 Å². The van der Waals surface area contributed by atoms with Gasteiger partial charge in [-0.2, -0.15) is 0 Å². The predicted molar refractivity (Wildman–Crippen MR) is 95.3 cm³/mol. The smallest absolute Gasteiger partial charge is 0.217 e. The first kappa shape index (κ1) is 16.9. The zero-order valence-electron chi connectivity index (χ0n) is 15.7. The van der Waals surface area contributed by atoms with E-state index in [0.29, 0.717) is 16.9 Å². The number of aliphatic hydroxyl groups excluding tert-OH is 1. The maximum absolute atomic E-state index is 11.6. The van der Waals surface area contributed by atoms with Gasteiger partial charge in [-0.1, -0.05) is 13.8 Å².